The second-order valence-corrected chi connectivity index (χ2v) is 6.87. The quantitative estimate of drug-likeness (QED) is 0.721. The summed E-state index contributed by atoms with van der Waals surface area (Å²) in [6.45, 7) is 7.53. The van der Waals surface area contributed by atoms with Crippen LogP contribution in [0.25, 0.3) is 0 Å². The SMILES string of the molecule is CCCOc1ccc(Cl)cc1NC1CCCCC1C(C)C. The summed E-state index contributed by atoms with van der Waals surface area (Å²) in [5.74, 6) is 2.37. The van der Waals surface area contributed by atoms with Gasteiger partial charge in [-0.05, 0) is 49.3 Å². The lowest BCUT2D eigenvalue weighted by Crippen LogP contribution is -2.35. The fraction of sp³-hybridized carbons (Fsp3) is 0.667. The molecule has 2 nitrogen and oxygen atoms in total. The number of nitrogens with one attached hydrogen (secondary N) is 1. The standard InChI is InChI=1S/C18H28ClNO/c1-4-11-21-18-10-9-14(19)12-17(18)20-16-8-6-5-7-15(16)13(2)3/h9-10,12-13,15-16,20H,4-8,11H2,1-3H3. The van der Waals surface area contributed by atoms with Gasteiger partial charge in [0.15, 0.2) is 0 Å². The Kier molecular flexibility index (Phi) is 6.22. The number of anilines is 1. The average molecular weight is 310 g/mol. The van der Waals surface area contributed by atoms with E-state index < -0.39 is 0 Å². The Hall–Kier alpha value is -0.890. The largest absolute Gasteiger partial charge is 0.491 e. The minimum absolute atomic E-state index is 0.529. The van der Waals surface area contributed by atoms with Crippen molar-refractivity contribution in [3.8, 4) is 5.75 Å². The highest BCUT2D eigenvalue weighted by atomic mass is 35.5. The van der Waals surface area contributed by atoms with Gasteiger partial charge in [0.1, 0.15) is 5.75 Å². The summed E-state index contributed by atoms with van der Waals surface area (Å²) >= 11 is 6.17. The van der Waals surface area contributed by atoms with Crippen molar-refractivity contribution < 1.29 is 4.74 Å². The predicted molar refractivity (Wildman–Crippen MR) is 91.4 cm³/mol. The third-order valence-corrected chi connectivity index (χ3v) is 4.66. The maximum absolute atomic E-state index is 6.17. The Morgan fingerprint density at radius 2 is 2.05 bits per heavy atom. The van der Waals surface area contributed by atoms with Gasteiger partial charge in [-0.15, -0.1) is 0 Å². The van der Waals surface area contributed by atoms with E-state index in [4.69, 9.17) is 16.3 Å². The molecule has 2 atom stereocenters. The average Bonchev–Trinajstić information content (AvgIpc) is 2.47. The normalized spacial score (nSPS) is 22.3. The summed E-state index contributed by atoms with van der Waals surface area (Å²) in [7, 11) is 0. The first-order valence-electron chi connectivity index (χ1n) is 8.30. The third-order valence-electron chi connectivity index (χ3n) is 4.42. The van der Waals surface area contributed by atoms with Crippen LogP contribution in [0.4, 0.5) is 5.69 Å². The Labute approximate surface area is 134 Å². The molecule has 118 valence electrons. The minimum Gasteiger partial charge on any atom is -0.491 e. The molecule has 1 aliphatic carbocycles. The third kappa shape index (κ3) is 4.54. The highest BCUT2D eigenvalue weighted by Gasteiger charge is 2.28. The van der Waals surface area contributed by atoms with Crippen molar-refractivity contribution in [3.63, 3.8) is 0 Å². The zero-order valence-corrected chi connectivity index (χ0v) is 14.2. The van der Waals surface area contributed by atoms with Gasteiger partial charge in [-0.1, -0.05) is 45.2 Å². The summed E-state index contributed by atoms with van der Waals surface area (Å²) in [5.41, 5.74) is 1.05. The first-order chi connectivity index (χ1) is 10.1. The van der Waals surface area contributed by atoms with Crippen LogP contribution in [0.5, 0.6) is 5.75 Å². The van der Waals surface area contributed by atoms with Gasteiger partial charge in [0.25, 0.3) is 0 Å². The molecule has 0 saturated heterocycles. The topological polar surface area (TPSA) is 21.3 Å². The molecule has 1 aromatic rings. The fourth-order valence-corrected chi connectivity index (χ4v) is 3.46. The zero-order valence-electron chi connectivity index (χ0n) is 13.5. The number of rotatable bonds is 6. The molecule has 0 spiro atoms. The highest BCUT2D eigenvalue weighted by Crippen LogP contribution is 2.35. The Morgan fingerprint density at radius 1 is 1.29 bits per heavy atom. The van der Waals surface area contributed by atoms with E-state index in [1.807, 2.05) is 18.2 Å². The highest BCUT2D eigenvalue weighted by molar-refractivity contribution is 6.30. The molecule has 0 amide bonds. The van der Waals surface area contributed by atoms with E-state index in [0.29, 0.717) is 12.0 Å². The Morgan fingerprint density at radius 3 is 2.76 bits per heavy atom. The van der Waals surface area contributed by atoms with Gasteiger partial charge in [0, 0.05) is 11.1 Å². The van der Waals surface area contributed by atoms with Gasteiger partial charge in [0.2, 0.25) is 0 Å². The van der Waals surface area contributed by atoms with Crippen LogP contribution in [0.1, 0.15) is 52.9 Å². The van der Waals surface area contributed by atoms with Gasteiger partial charge in [-0.3, -0.25) is 0 Å². The maximum atomic E-state index is 6.17. The van der Waals surface area contributed by atoms with Crippen LogP contribution in [0, 0.1) is 11.8 Å². The monoisotopic (exact) mass is 309 g/mol. The molecule has 1 fully saturated rings. The fourth-order valence-electron chi connectivity index (χ4n) is 3.29. The molecule has 1 saturated carbocycles. The van der Waals surface area contributed by atoms with Crippen molar-refractivity contribution in [1.29, 1.82) is 0 Å². The first kappa shape index (κ1) is 16.5. The van der Waals surface area contributed by atoms with Crippen LogP contribution in [0.3, 0.4) is 0 Å². The van der Waals surface area contributed by atoms with Gasteiger partial charge in [0.05, 0.1) is 12.3 Å². The van der Waals surface area contributed by atoms with Crippen LogP contribution in [-0.4, -0.2) is 12.6 Å². The lowest BCUT2D eigenvalue weighted by atomic mass is 9.78. The lowest BCUT2D eigenvalue weighted by molar-refractivity contribution is 0.252. The van der Waals surface area contributed by atoms with Crippen LogP contribution < -0.4 is 10.1 Å². The summed E-state index contributed by atoms with van der Waals surface area (Å²) in [5, 5.41) is 4.48. The molecule has 3 heteroatoms. The van der Waals surface area contributed by atoms with E-state index in [9.17, 15) is 0 Å². The van der Waals surface area contributed by atoms with Crippen LogP contribution in [0.2, 0.25) is 5.02 Å². The predicted octanol–water partition coefficient (Wildman–Crippen LogP) is 5.76. The van der Waals surface area contributed by atoms with Gasteiger partial charge in [-0.2, -0.15) is 0 Å². The van der Waals surface area contributed by atoms with Gasteiger partial charge >= 0.3 is 0 Å². The number of benzene rings is 1. The molecule has 21 heavy (non-hydrogen) atoms. The summed E-state index contributed by atoms with van der Waals surface area (Å²) in [4.78, 5) is 0. The van der Waals surface area contributed by atoms with E-state index in [1.54, 1.807) is 0 Å². The maximum Gasteiger partial charge on any atom is 0.142 e. The zero-order chi connectivity index (χ0) is 15.2. The van der Waals surface area contributed by atoms with E-state index in [0.717, 1.165) is 35.4 Å². The van der Waals surface area contributed by atoms with E-state index >= 15 is 0 Å². The number of hydrogen-bond acceptors (Lipinski definition) is 2. The van der Waals surface area contributed by atoms with Crippen LogP contribution >= 0.6 is 11.6 Å². The Bertz CT molecular complexity index is 447. The second-order valence-electron chi connectivity index (χ2n) is 6.43. The summed E-state index contributed by atoms with van der Waals surface area (Å²) in [6.07, 6.45) is 6.24. The molecule has 2 rings (SSSR count). The second kappa shape index (κ2) is 7.93. The molecule has 1 aliphatic rings. The van der Waals surface area contributed by atoms with Crippen molar-refractivity contribution in [3.05, 3.63) is 23.2 Å². The van der Waals surface area contributed by atoms with Gasteiger partial charge in [-0.25, -0.2) is 0 Å². The summed E-state index contributed by atoms with van der Waals surface area (Å²) < 4.78 is 5.86. The smallest absolute Gasteiger partial charge is 0.142 e. The number of halogens is 1. The minimum atomic E-state index is 0.529. The molecule has 0 heterocycles. The van der Waals surface area contributed by atoms with Crippen molar-refractivity contribution in [2.24, 2.45) is 11.8 Å². The van der Waals surface area contributed by atoms with Crippen LogP contribution in [0.15, 0.2) is 18.2 Å². The lowest BCUT2D eigenvalue weighted by Gasteiger charge is -2.36. The van der Waals surface area contributed by atoms with Crippen molar-refractivity contribution in [2.75, 3.05) is 11.9 Å². The van der Waals surface area contributed by atoms with E-state index in [1.165, 1.54) is 25.7 Å². The molecule has 1 N–H and O–H groups in total. The van der Waals surface area contributed by atoms with Crippen molar-refractivity contribution in [2.45, 2.75) is 58.9 Å². The molecule has 1 aromatic carbocycles. The molecule has 2 unspecified atom stereocenters. The molecule has 0 radical (unpaired) electrons. The summed E-state index contributed by atoms with van der Waals surface area (Å²) in [6, 6.07) is 6.41. The van der Waals surface area contributed by atoms with E-state index in [2.05, 4.69) is 26.1 Å². The molecular weight excluding hydrogens is 282 g/mol. The molecular formula is C18H28ClNO. The first-order valence-corrected chi connectivity index (χ1v) is 8.68. The van der Waals surface area contributed by atoms with Crippen LogP contribution in [-0.2, 0) is 0 Å². The number of hydrogen-bond donors (Lipinski definition) is 1. The van der Waals surface area contributed by atoms with Gasteiger partial charge < -0.3 is 10.1 Å². The van der Waals surface area contributed by atoms with E-state index in [-0.39, 0.29) is 0 Å². The van der Waals surface area contributed by atoms with Crippen molar-refractivity contribution >= 4 is 17.3 Å². The molecule has 0 bridgehead atoms. The Balaban J connectivity index is 2.14. The van der Waals surface area contributed by atoms with Crippen molar-refractivity contribution in [1.82, 2.24) is 0 Å². The number of ether oxygens (including phenoxy) is 1. The molecule has 0 aromatic heterocycles. The molecule has 0 aliphatic heterocycles.